The highest BCUT2D eigenvalue weighted by Gasteiger charge is 2.17. The maximum absolute atomic E-state index is 12.2. The number of aromatic amines is 1. The van der Waals surface area contributed by atoms with Crippen LogP contribution in [0.3, 0.4) is 0 Å². The molecule has 2 rings (SSSR count). The number of carbonyl (C=O) groups is 1. The van der Waals surface area contributed by atoms with Gasteiger partial charge in [0.25, 0.3) is 0 Å². The van der Waals surface area contributed by atoms with Crippen molar-refractivity contribution in [1.82, 2.24) is 20.1 Å². The molecule has 102 valence electrons. The molecule has 0 fully saturated rings. The van der Waals surface area contributed by atoms with Crippen LogP contribution in [0.2, 0.25) is 0 Å². The summed E-state index contributed by atoms with van der Waals surface area (Å²) in [4.78, 5) is 12.2. The summed E-state index contributed by atoms with van der Waals surface area (Å²) in [6, 6.07) is 5.70. The maximum atomic E-state index is 12.2. The predicted octanol–water partition coefficient (Wildman–Crippen LogP) is 1.91. The van der Waals surface area contributed by atoms with E-state index in [2.05, 4.69) is 22.4 Å². The average Bonchev–Trinajstić information content (AvgIpc) is 3.08. The molecule has 0 aromatic carbocycles. The van der Waals surface area contributed by atoms with Gasteiger partial charge in [0.1, 0.15) is 6.04 Å². The van der Waals surface area contributed by atoms with Gasteiger partial charge >= 0.3 is 0 Å². The van der Waals surface area contributed by atoms with Crippen LogP contribution in [0.25, 0.3) is 0 Å². The molecule has 1 amide bonds. The Morgan fingerprint density at radius 1 is 1.47 bits per heavy atom. The van der Waals surface area contributed by atoms with E-state index in [1.807, 2.05) is 35.2 Å². The van der Waals surface area contributed by atoms with Gasteiger partial charge in [-0.15, -0.1) is 0 Å². The minimum atomic E-state index is -0.109. The topological polar surface area (TPSA) is 62.7 Å². The van der Waals surface area contributed by atoms with Crippen molar-refractivity contribution in [2.45, 2.75) is 32.2 Å². The Hall–Kier alpha value is -2.04. The normalized spacial score (nSPS) is 12.3. The van der Waals surface area contributed by atoms with Crippen LogP contribution in [0.15, 0.2) is 36.8 Å². The number of amides is 1. The Morgan fingerprint density at radius 3 is 2.89 bits per heavy atom. The van der Waals surface area contributed by atoms with Gasteiger partial charge < -0.3 is 9.88 Å². The highest BCUT2D eigenvalue weighted by atomic mass is 16.2. The van der Waals surface area contributed by atoms with E-state index in [0.29, 0.717) is 6.54 Å². The second kappa shape index (κ2) is 6.78. The molecule has 1 atom stereocenters. The summed E-state index contributed by atoms with van der Waals surface area (Å²) in [7, 11) is 0. The number of carbonyl (C=O) groups excluding carboxylic acids is 1. The first-order chi connectivity index (χ1) is 9.31. The minimum Gasteiger partial charge on any atom is -0.354 e. The molecule has 19 heavy (non-hydrogen) atoms. The highest BCUT2D eigenvalue weighted by Crippen LogP contribution is 2.14. The Morgan fingerprint density at radius 2 is 2.26 bits per heavy atom. The number of hydrogen-bond donors (Lipinski definition) is 2. The molecule has 2 N–H and O–H groups in total. The van der Waals surface area contributed by atoms with Gasteiger partial charge in [-0.25, -0.2) is 0 Å². The maximum Gasteiger partial charge on any atom is 0.243 e. The molecule has 2 aromatic heterocycles. The second-order valence-electron chi connectivity index (χ2n) is 4.56. The fourth-order valence-corrected chi connectivity index (χ4v) is 2.11. The number of rotatable bonds is 7. The summed E-state index contributed by atoms with van der Waals surface area (Å²) < 4.78 is 1.97. The summed E-state index contributed by atoms with van der Waals surface area (Å²) in [6.45, 7) is 2.72. The van der Waals surface area contributed by atoms with Crippen LogP contribution in [0.4, 0.5) is 0 Å². The van der Waals surface area contributed by atoms with Crippen LogP contribution in [0.1, 0.15) is 31.5 Å². The molecule has 5 nitrogen and oxygen atoms in total. The van der Waals surface area contributed by atoms with Crippen LogP contribution in [0.5, 0.6) is 0 Å². The van der Waals surface area contributed by atoms with E-state index in [9.17, 15) is 4.79 Å². The third-order valence-electron chi connectivity index (χ3n) is 3.10. The van der Waals surface area contributed by atoms with E-state index in [1.165, 1.54) is 0 Å². The van der Waals surface area contributed by atoms with E-state index in [1.54, 1.807) is 6.20 Å². The van der Waals surface area contributed by atoms with E-state index in [-0.39, 0.29) is 11.9 Å². The van der Waals surface area contributed by atoms with Gasteiger partial charge in [-0.2, -0.15) is 5.10 Å². The lowest BCUT2D eigenvalue weighted by atomic mass is 10.1. The van der Waals surface area contributed by atoms with Gasteiger partial charge in [0, 0.05) is 37.3 Å². The smallest absolute Gasteiger partial charge is 0.243 e. The predicted molar refractivity (Wildman–Crippen MR) is 73.7 cm³/mol. The molecule has 2 heterocycles. The lowest BCUT2D eigenvalue weighted by Gasteiger charge is -2.17. The molecular formula is C14H20N4O. The van der Waals surface area contributed by atoms with Crippen LogP contribution < -0.4 is 5.32 Å². The molecule has 1 unspecified atom stereocenters. The molecule has 0 radical (unpaired) electrons. The fraction of sp³-hybridized carbons (Fsp3) is 0.429. The minimum absolute atomic E-state index is 0.0811. The molecule has 0 aliphatic rings. The number of aromatic nitrogens is 3. The van der Waals surface area contributed by atoms with E-state index in [4.69, 9.17) is 0 Å². The van der Waals surface area contributed by atoms with Gasteiger partial charge in [-0.05, 0) is 24.6 Å². The Bertz CT molecular complexity index is 476. The second-order valence-corrected chi connectivity index (χ2v) is 4.56. The lowest BCUT2D eigenvalue weighted by molar-refractivity contribution is -0.124. The fourth-order valence-electron chi connectivity index (χ4n) is 2.11. The summed E-state index contributed by atoms with van der Waals surface area (Å²) in [5, 5.41) is 9.76. The summed E-state index contributed by atoms with van der Waals surface area (Å²) >= 11 is 0. The van der Waals surface area contributed by atoms with E-state index in [0.717, 1.165) is 25.0 Å². The van der Waals surface area contributed by atoms with Crippen molar-refractivity contribution in [2.24, 2.45) is 0 Å². The van der Waals surface area contributed by atoms with Crippen molar-refractivity contribution in [3.05, 3.63) is 42.5 Å². The third kappa shape index (κ3) is 3.71. The molecule has 0 saturated carbocycles. The average molecular weight is 260 g/mol. The molecule has 5 heteroatoms. The zero-order valence-corrected chi connectivity index (χ0v) is 11.2. The van der Waals surface area contributed by atoms with Crippen LogP contribution in [0, 0.1) is 0 Å². The molecule has 0 spiro atoms. The van der Waals surface area contributed by atoms with Crippen molar-refractivity contribution < 1.29 is 4.79 Å². The van der Waals surface area contributed by atoms with Gasteiger partial charge in [0.2, 0.25) is 5.91 Å². The van der Waals surface area contributed by atoms with Crippen molar-refractivity contribution in [3.63, 3.8) is 0 Å². The first-order valence-electron chi connectivity index (χ1n) is 6.69. The van der Waals surface area contributed by atoms with Crippen molar-refractivity contribution in [1.29, 1.82) is 0 Å². The van der Waals surface area contributed by atoms with Gasteiger partial charge in [-0.1, -0.05) is 13.3 Å². The number of nitrogens with zero attached hydrogens (tertiary/aromatic N) is 2. The lowest BCUT2D eigenvalue weighted by Crippen LogP contribution is -2.33. The standard InChI is InChI=1S/C14H20N4O/c1-2-5-13(18-10-3-4-11-18)14(19)15-8-6-12-7-9-16-17-12/h3-4,7,9-11,13H,2,5-6,8H2,1H3,(H,15,19)(H,16,17). The summed E-state index contributed by atoms with van der Waals surface area (Å²) in [5.74, 6) is 0.0811. The third-order valence-corrected chi connectivity index (χ3v) is 3.10. The Balaban J connectivity index is 1.85. The molecule has 0 aliphatic carbocycles. The molecular weight excluding hydrogens is 240 g/mol. The quantitative estimate of drug-likeness (QED) is 0.798. The Labute approximate surface area is 113 Å². The van der Waals surface area contributed by atoms with Gasteiger partial charge in [0.15, 0.2) is 0 Å². The van der Waals surface area contributed by atoms with Crippen molar-refractivity contribution >= 4 is 5.91 Å². The first-order valence-corrected chi connectivity index (χ1v) is 6.69. The molecule has 0 aliphatic heterocycles. The van der Waals surface area contributed by atoms with Crippen molar-refractivity contribution in [3.8, 4) is 0 Å². The zero-order chi connectivity index (χ0) is 13.5. The zero-order valence-electron chi connectivity index (χ0n) is 11.2. The van der Waals surface area contributed by atoms with Crippen molar-refractivity contribution in [2.75, 3.05) is 6.54 Å². The summed E-state index contributed by atoms with van der Waals surface area (Å²) in [5.41, 5.74) is 1.04. The van der Waals surface area contributed by atoms with E-state index >= 15 is 0 Å². The largest absolute Gasteiger partial charge is 0.354 e. The molecule has 0 bridgehead atoms. The highest BCUT2D eigenvalue weighted by molar-refractivity contribution is 5.80. The number of nitrogens with one attached hydrogen (secondary N) is 2. The van der Waals surface area contributed by atoms with Crippen LogP contribution in [-0.4, -0.2) is 27.2 Å². The molecule has 2 aromatic rings. The Kier molecular flexibility index (Phi) is 4.78. The van der Waals surface area contributed by atoms with E-state index < -0.39 is 0 Å². The SMILES string of the molecule is CCCC(C(=O)NCCc1ccn[nH]1)n1cccc1. The van der Waals surface area contributed by atoms with Gasteiger partial charge in [-0.3, -0.25) is 9.89 Å². The monoisotopic (exact) mass is 260 g/mol. The number of H-pyrrole nitrogens is 1. The first kappa shape index (κ1) is 13.4. The van der Waals surface area contributed by atoms with Crippen LogP contribution >= 0.6 is 0 Å². The summed E-state index contributed by atoms with van der Waals surface area (Å²) in [6.07, 6.45) is 8.21. The molecule has 0 saturated heterocycles. The number of hydrogen-bond acceptors (Lipinski definition) is 2. The van der Waals surface area contributed by atoms with Crippen LogP contribution in [-0.2, 0) is 11.2 Å². The van der Waals surface area contributed by atoms with Gasteiger partial charge in [0.05, 0.1) is 0 Å².